The van der Waals surface area contributed by atoms with Crippen LogP contribution >= 0.6 is 0 Å². The van der Waals surface area contributed by atoms with Crippen molar-refractivity contribution in [3.05, 3.63) is 54.1 Å². The second kappa shape index (κ2) is 3.79. The van der Waals surface area contributed by atoms with Gasteiger partial charge in [-0.1, -0.05) is 69.8 Å². The number of hydrogen-bond donors (Lipinski definition) is 0. The molecule has 0 saturated heterocycles. The Morgan fingerprint density at radius 1 is 1.00 bits per heavy atom. The first-order valence-electron chi connectivity index (χ1n) is 5.68. The number of rotatable bonds is 1. The van der Waals surface area contributed by atoms with Crippen LogP contribution in [0.3, 0.4) is 0 Å². The molecule has 0 aliphatic rings. The lowest BCUT2D eigenvalue weighted by atomic mass is 9.82. The van der Waals surface area contributed by atoms with Crippen molar-refractivity contribution < 1.29 is 0 Å². The van der Waals surface area contributed by atoms with E-state index in [9.17, 15) is 0 Å². The molecular weight excluding hydrogens is 192 g/mol. The molecule has 0 bridgehead atoms. The highest BCUT2D eigenvalue weighted by Crippen LogP contribution is 2.31. The Kier molecular flexibility index (Phi) is 2.59. The van der Waals surface area contributed by atoms with Crippen molar-refractivity contribution >= 4 is 16.8 Å². The zero-order chi connectivity index (χ0) is 11.8. The maximum atomic E-state index is 3.96. The first-order chi connectivity index (χ1) is 7.54. The molecule has 0 aliphatic heterocycles. The van der Waals surface area contributed by atoms with Gasteiger partial charge in [-0.2, -0.15) is 0 Å². The van der Waals surface area contributed by atoms with Crippen molar-refractivity contribution in [1.29, 1.82) is 0 Å². The van der Waals surface area contributed by atoms with Gasteiger partial charge in [-0.25, -0.2) is 0 Å². The highest BCUT2D eigenvalue weighted by Gasteiger charge is 2.17. The van der Waals surface area contributed by atoms with Crippen molar-refractivity contribution in [2.24, 2.45) is 0 Å². The lowest BCUT2D eigenvalue weighted by molar-refractivity contribution is 0.590. The Morgan fingerprint density at radius 2 is 1.69 bits per heavy atom. The number of hydrogen-bond acceptors (Lipinski definition) is 0. The Bertz CT molecular complexity index is 527. The molecule has 0 nitrogen and oxygen atoms in total. The lowest BCUT2D eigenvalue weighted by Crippen LogP contribution is -2.13. The van der Waals surface area contributed by atoms with E-state index in [1.54, 1.807) is 0 Å². The Labute approximate surface area is 97.6 Å². The van der Waals surface area contributed by atoms with E-state index in [4.69, 9.17) is 0 Å². The van der Waals surface area contributed by atoms with E-state index in [2.05, 4.69) is 63.7 Å². The summed E-state index contributed by atoms with van der Waals surface area (Å²) in [5.41, 5.74) is 2.79. The van der Waals surface area contributed by atoms with Crippen molar-refractivity contribution in [2.75, 3.05) is 0 Å². The fourth-order valence-corrected chi connectivity index (χ4v) is 2.17. The van der Waals surface area contributed by atoms with Crippen molar-refractivity contribution in [1.82, 2.24) is 0 Å². The molecule has 0 heteroatoms. The van der Waals surface area contributed by atoms with Gasteiger partial charge < -0.3 is 0 Å². The van der Waals surface area contributed by atoms with Gasteiger partial charge in [0.1, 0.15) is 0 Å². The van der Waals surface area contributed by atoms with Gasteiger partial charge >= 0.3 is 0 Å². The average Bonchev–Trinajstić information content (AvgIpc) is 2.26. The number of benzene rings is 2. The first-order valence-corrected chi connectivity index (χ1v) is 5.68. The molecule has 0 heterocycles. The van der Waals surface area contributed by atoms with Crippen LogP contribution in [-0.2, 0) is 5.41 Å². The summed E-state index contributed by atoms with van der Waals surface area (Å²) >= 11 is 0. The SMILES string of the molecule is C=Cc1c(C(C)(C)C)ccc2ccccc12. The Balaban J connectivity index is 2.83. The molecule has 0 atom stereocenters. The van der Waals surface area contributed by atoms with Crippen LogP contribution in [0.2, 0.25) is 0 Å². The van der Waals surface area contributed by atoms with Crippen LogP contribution in [0.25, 0.3) is 16.8 Å². The van der Waals surface area contributed by atoms with Gasteiger partial charge in [0.25, 0.3) is 0 Å². The highest BCUT2D eigenvalue weighted by molar-refractivity contribution is 5.92. The van der Waals surface area contributed by atoms with Crippen molar-refractivity contribution in [2.45, 2.75) is 26.2 Å². The molecule has 0 radical (unpaired) electrons. The summed E-state index contributed by atoms with van der Waals surface area (Å²) in [5, 5.41) is 2.58. The zero-order valence-electron chi connectivity index (χ0n) is 10.2. The second-order valence-electron chi connectivity index (χ2n) is 5.20. The van der Waals surface area contributed by atoms with Crippen molar-refractivity contribution in [3.8, 4) is 0 Å². The molecule has 0 fully saturated rings. The maximum Gasteiger partial charge on any atom is -0.0109 e. The first kappa shape index (κ1) is 10.9. The van der Waals surface area contributed by atoms with Crippen LogP contribution in [0, 0.1) is 0 Å². The monoisotopic (exact) mass is 210 g/mol. The van der Waals surface area contributed by atoms with Crippen LogP contribution in [0.4, 0.5) is 0 Å². The normalized spacial score (nSPS) is 11.7. The largest absolute Gasteiger partial charge is 0.0984 e. The van der Waals surface area contributed by atoms with Gasteiger partial charge in [0, 0.05) is 0 Å². The van der Waals surface area contributed by atoms with Crippen LogP contribution in [0.1, 0.15) is 31.9 Å². The topological polar surface area (TPSA) is 0 Å². The molecule has 16 heavy (non-hydrogen) atoms. The van der Waals surface area contributed by atoms with E-state index in [1.165, 1.54) is 21.9 Å². The van der Waals surface area contributed by atoms with Gasteiger partial charge in [-0.15, -0.1) is 0 Å². The quantitative estimate of drug-likeness (QED) is 0.635. The molecule has 2 aromatic rings. The summed E-state index contributed by atoms with van der Waals surface area (Å²) in [5.74, 6) is 0. The summed E-state index contributed by atoms with van der Waals surface area (Å²) < 4.78 is 0. The van der Waals surface area contributed by atoms with Gasteiger partial charge in [0.05, 0.1) is 0 Å². The molecule has 0 N–H and O–H groups in total. The van der Waals surface area contributed by atoms with E-state index < -0.39 is 0 Å². The van der Waals surface area contributed by atoms with Crippen LogP contribution in [-0.4, -0.2) is 0 Å². The molecule has 2 rings (SSSR count). The third-order valence-electron chi connectivity index (χ3n) is 2.98. The summed E-state index contributed by atoms with van der Waals surface area (Å²) in [4.78, 5) is 0. The summed E-state index contributed by atoms with van der Waals surface area (Å²) in [6.07, 6.45) is 1.98. The van der Waals surface area contributed by atoms with E-state index in [0.717, 1.165) is 0 Å². The third-order valence-corrected chi connectivity index (χ3v) is 2.98. The summed E-state index contributed by atoms with van der Waals surface area (Å²) in [6, 6.07) is 12.9. The predicted molar refractivity (Wildman–Crippen MR) is 72.7 cm³/mol. The fourth-order valence-electron chi connectivity index (χ4n) is 2.17. The minimum absolute atomic E-state index is 0.160. The second-order valence-corrected chi connectivity index (χ2v) is 5.20. The fraction of sp³-hybridized carbons (Fsp3) is 0.250. The molecule has 0 aromatic heterocycles. The van der Waals surface area contributed by atoms with Gasteiger partial charge in [0.15, 0.2) is 0 Å². The lowest BCUT2D eigenvalue weighted by Gasteiger charge is -2.23. The molecule has 82 valence electrons. The molecular formula is C16H18. The number of fused-ring (bicyclic) bond motifs is 1. The Morgan fingerprint density at radius 3 is 2.31 bits per heavy atom. The molecule has 0 spiro atoms. The van der Waals surface area contributed by atoms with E-state index >= 15 is 0 Å². The minimum Gasteiger partial charge on any atom is -0.0984 e. The van der Waals surface area contributed by atoms with Gasteiger partial charge in [-0.05, 0) is 27.3 Å². The van der Waals surface area contributed by atoms with E-state index in [-0.39, 0.29) is 5.41 Å². The summed E-state index contributed by atoms with van der Waals surface area (Å²) in [6.45, 7) is 10.7. The Hall–Kier alpha value is -1.56. The zero-order valence-corrected chi connectivity index (χ0v) is 10.2. The minimum atomic E-state index is 0.160. The van der Waals surface area contributed by atoms with Gasteiger partial charge in [-0.3, -0.25) is 0 Å². The molecule has 0 unspecified atom stereocenters. The van der Waals surface area contributed by atoms with E-state index in [1.807, 2.05) is 6.08 Å². The van der Waals surface area contributed by atoms with E-state index in [0.29, 0.717) is 0 Å². The van der Waals surface area contributed by atoms with Crippen molar-refractivity contribution in [3.63, 3.8) is 0 Å². The molecule has 0 saturated carbocycles. The van der Waals surface area contributed by atoms with Crippen LogP contribution in [0.15, 0.2) is 43.0 Å². The maximum absolute atomic E-state index is 3.96. The highest BCUT2D eigenvalue weighted by atomic mass is 14.2. The van der Waals surface area contributed by atoms with Crippen LogP contribution < -0.4 is 0 Å². The standard InChI is InChI=1S/C16H18/c1-5-13-14-9-7-6-8-12(14)10-11-15(13)16(2,3)4/h5-11H,1H2,2-4H3. The van der Waals surface area contributed by atoms with Crippen LogP contribution in [0.5, 0.6) is 0 Å². The molecule has 2 aromatic carbocycles. The summed E-state index contributed by atoms with van der Waals surface area (Å²) in [7, 11) is 0. The smallest absolute Gasteiger partial charge is 0.0109 e. The average molecular weight is 210 g/mol. The predicted octanol–water partition coefficient (Wildman–Crippen LogP) is 4.78. The van der Waals surface area contributed by atoms with Gasteiger partial charge in [0.2, 0.25) is 0 Å². The third kappa shape index (κ3) is 1.76. The molecule has 0 aliphatic carbocycles. The molecule has 0 amide bonds.